The number of nitrogens with zero attached hydrogens (tertiary/aromatic N) is 2. The summed E-state index contributed by atoms with van der Waals surface area (Å²) in [7, 11) is 0. The topological polar surface area (TPSA) is 26.7 Å². The average molecular weight is 311 g/mol. The van der Waals surface area contributed by atoms with E-state index in [0.717, 1.165) is 24.3 Å². The number of aliphatic hydroxyl groups is 1. The Kier molecular flexibility index (Phi) is 7.17. The Morgan fingerprint density at radius 2 is 1.41 bits per heavy atom. The zero-order valence-electron chi connectivity index (χ0n) is 15.3. The molecule has 2 rings (SSSR count). The van der Waals surface area contributed by atoms with E-state index < -0.39 is 0 Å². The maximum absolute atomic E-state index is 10.0. The lowest BCUT2D eigenvalue weighted by Crippen LogP contribution is -2.44. The fraction of sp³-hybridized carbons (Fsp3) is 1.00. The molecule has 0 aromatic rings. The Balaban J connectivity index is 1.64. The molecule has 1 N–H and O–H groups in total. The zero-order valence-corrected chi connectivity index (χ0v) is 15.3. The zero-order chi connectivity index (χ0) is 16.1. The van der Waals surface area contributed by atoms with E-state index >= 15 is 0 Å². The smallest absolute Gasteiger partial charge is 0.0689 e. The van der Waals surface area contributed by atoms with Crippen LogP contribution < -0.4 is 0 Å². The van der Waals surface area contributed by atoms with E-state index in [1.165, 1.54) is 58.4 Å². The van der Waals surface area contributed by atoms with Crippen LogP contribution in [0.4, 0.5) is 0 Å². The first-order chi connectivity index (χ1) is 10.5. The fourth-order valence-corrected chi connectivity index (χ4v) is 3.99. The molecule has 0 aromatic carbocycles. The van der Waals surface area contributed by atoms with Crippen LogP contribution in [0.15, 0.2) is 0 Å². The lowest BCUT2D eigenvalue weighted by molar-refractivity contribution is 0.0523. The summed E-state index contributed by atoms with van der Waals surface area (Å²) < 4.78 is 0. The minimum atomic E-state index is -0.161. The van der Waals surface area contributed by atoms with Gasteiger partial charge < -0.3 is 14.9 Å². The van der Waals surface area contributed by atoms with Crippen molar-refractivity contribution in [1.29, 1.82) is 0 Å². The van der Waals surface area contributed by atoms with E-state index in [1.54, 1.807) is 0 Å². The molecule has 1 atom stereocenters. The van der Waals surface area contributed by atoms with Gasteiger partial charge in [0.25, 0.3) is 0 Å². The number of β-amino-alcohol motifs (C(OH)–C–C–N with tert-alkyl or cyclic N) is 1. The Morgan fingerprint density at radius 3 is 1.91 bits per heavy atom. The van der Waals surface area contributed by atoms with Crippen LogP contribution in [-0.2, 0) is 0 Å². The van der Waals surface area contributed by atoms with Crippen molar-refractivity contribution in [3.63, 3.8) is 0 Å². The highest BCUT2D eigenvalue weighted by molar-refractivity contribution is 4.80. The summed E-state index contributed by atoms with van der Waals surface area (Å²) in [6.07, 6.45) is 5.27. The van der Waals surface area contributed by atoms with E-state index in [2.05, 4.69) is 37.5 Å². The Hall–Kier alpha value is -0.120. The molecule has 2 fully saturated rings. The molecule has 0 saturated carbocycles. The van der Waals surface area contributed by atoms with Gasteiger partial charge in [0.2, 0.25) is 0 Å². The first-order valence-electron chi connectivity index (χ1n) is 9.58. The molecule has 3 heteroatoms. The summed E-state index contributed by atoms with van der Waals surface area (Å²) in [6.45, 7) is 16.1. The van der Waals surface area contributed by atoms with Crippen molar-refractivity contribution in [3.05, 3.63) is 0 Å². The number of piperidine rings is 2. The largest absolute Gasteiger partial charge is 0.392 e. The highest BCUT2D eigenvalue weighted by atomic mass is 16.3. The van der Waals surface area contributed by atoms with Gasteiger partial charge in [-0.05, 0) is 75.5 Å². The van der Waals surface area contributed by atoms with Gasteiger partial charge in [-0.1, -0.05) is 27.7 Å². The maximum Gasteiger partial charge on any atom is 0.0689 e. The lowest BCUT2D eigenvalue weighted by Gasteiger charge is -2.39. The summed E-state index contributed by atoms with van der Waals surface area (Å²) in [5.74, 6) is 3.07. The number of hydrogen-bond donors (Lipinski definition) is 1. The molecule has 0 aliphatic carbocycles. The van der Waals surface area contributed by atoms with Crippen LogP contribution in [0.5, 0.6) is 0 Å². The van der Waals surface area contributed by atoms with Crippen LogP contribution >= 0.6 is 0 Å². The fourth-order valence-electron chi connectivity index (χ4n) is 3.99. The van der Waals surface area contributed by atoms with Gasteiger partial charge in [0, 0.05) is 13.1 Å². The third-order valence-electron chi connectivity index (χ3n) is 6.01. The summed E-state index contributed by atoms with van der Waals surface area (Å²) in [6, 6.07) is 0. The van der Waals surface area contributed by atoms with E-state index in [-0.39, 0.29) is 6.10 Å². The second kappa shape index (κ2) is 8.65. The molecule has 2 aliphatic heterocycles. The second-order valence-corrected chi connectivity index (χ2v) is 8.44. The van der Waals surface area contributed by atoms with Crippen LogP contribution in [0.2, 0.25) is 0 Å². The van der Waals surface area contributed by atoms with Gasteiger partial charge in [-0.3, -0.25) is 0 Å². The van der Waals surface area contributed by atoms with Crippen LogP contribution in [-0.4, -0.2) is 60.3 Å². The van der Waals surface area contributed by atoms with Crippen LogP contribution in [0.25, 0.3) is 0 Å². The van der Waals surface area contributed by atoms with Gasteiger partial charge in [0.15, 0.2) is 0 Å². The van der Waals surface area contributed by atoms with Crippen molar-refractivity contribution in [1.82, 2.24) is 9.80 Å². The van der Waals surface area contributed by atoms with Crippen molar-refractivity contribution >= 4 is 0 Å². The molecule has 130 valence electrons. The standard InChI is InChI=1S/C19H38N2O/c1-15(2)18-7-11-20(12-8-18)13-17-5-9-21(10-6-17)14-19(22)16(3)4/h15-19,22H,5-14H2,1-4H3. The summed E-state index contributed by atoms with van der Waals surface area (Å²) >= 11 is 0. The van der Waals surface area contributed by atoms with Crippen molar-refractivity contribution in [2.24, 2.45) is 23.7 Å². The third kappa shape index (κ3) is 5.50. The monoisotopic (exact) mass is 310 g/mol. The molecule has 0 amide bonds. The molecule has 1 unspecified atom stereocenters. The van der Waals surface area contributed by atoms with Gasteiger partial charge in [-0.2, -0.15) is 0 Å². The highest BCUT2D eigenvalue weighted by Gasteiger charge is 2.26. The van der Waals surface area contributed by atoms with Crippen molar-refractivity contribution in [3.8, 4) is 0 Å². The highest BCUT2D eigenvalue weighted by Crippen LogP contribution is 2.26. The van der Waals surface area contributed by atoms with E-state index in [1.807, 2.05) is 0 Å². The Bertz CT molecular complexity index is 303. The summed E-state index contributed by atoms with van der Waals surface area (Å²) in [5.41, 5.74) is 0. The maximum atomic E-state index is 10.0. The average Bonchev–Trinajstić information content (AvgIpc) is 2.49. The number of rotatable bonds is 6. The van der Waals surface area contributed by atoms with E-state index in [0.29, 0.717) is 5.92 Å². The SMILES string of the molecule is CC(C)C(O)CN1CCC(CN2CCC(C(C)C)CC2)CC1. The molecule has 2 aliphatic rings. The molecular formula is C19H38N2O. The molecule has 3 nitrogen and oxygen atoms in total. The predicted octanol–water partition coefficient (Wildman–Crippen LogP) is 3.08. The van der Waals surface area contributed by atoms with Crippen molar-refractivity contribution < 1.29 is 5.11 Å². The molecule has 0 aromatic heterocycles. The van der Waals surface area contributed by atoms with Crippen molar-refractivity contribution in [2.75, 3.05) is 39.3 Å². The molecule has 2 saturated heterocycles. The molecule has 22 heavy (non-hydrogen) atoms. The van der Waals surface area contributed by atoms with Gasteiger partial charge in [-0.25, -0.2) is 0 Å². The van der Waals surface area contributed by atoms with E-state index in [9.17, 15) is 5.11 Å². The lowest BCUT2D eigenvalue weighted by atomic mass is 9.86. The normalized spacial score (nSPS) is 25.2. The van der Waals surface area contributed by atoms with Gasteiger partial charge in [0.05, 0.1) is 6.10 Å². The molecule has 0 spiro atoms. The van der Waals surface area contributed by atoms with Gasteiger partial charge >= 0.3 is 0 Å². The molecule has 0 bridgehead atoms. The second-order valence-electron chi connectivity index (χ2n) is 8.44. The quantitative estimate of drug-likeness (QED) is 0.817. The Morgan fingerprint density at radius 1 is 0.864 bits per heavy atom. The van der Waals surface area contributed by atoms with Crippen LogP contribution in [0.1, 0.15) is 53.4 Å². The first kappa shape index (κ1) is 18.2. The molecule has 0 radical (unpaired) electrons. The summed E-state index contributed by atoms with van der Waals surface area (Å²) in [4.78, 5) is 5.17. The van der Waals surface area contributed by atoms with Crippen LogP contribution in [0.3, 0.4) is 0 Å². The number of aliphatic hydroxyl groups excluding tert-OH is 1. The number of hydrogen-bond acceptors (Lipinski definition) is 3. The van der Waals surface area contributed by atoms with Gasteiger partial charge in [0.1, 0.15) is 0 Å². The van der Waals surface area contributed by atoms with Crippen LogP contribution in [0, 0.1) is 23.7 Å². The minimum Gasteiger partial charge on any atom is -0.392 e. The van der Waals surface area contributed by atoms with Crippen molar-refractivity contribution in [2.45, 2.75) is 59.5 Å². The van der Waals surface area contributed by atoms with E-state index in [4.69, 9.17) is 0 Å². The Labute approximate surface area is 138 Å². The number of likely N-dealkylation sites (tertiary alicyclic amines) is 2. The third-order valence-corrected chi connectivity index (χ3v) is 6.01. The minimum absolute atomic E-state index is 0.161. The molecule has 2 heterocycles. The summed E-state index contributed by atoms with van der Waals surface area (Å²) in [5, 5.41) is 10.0. The predicted molar refractivity (Wildman–Crippen MR) is 94.0 cm³/mol. The molecular weight excluding hydrogens is 272 g/mol. The van der Waals surface area contributed by atoms with Gasteiger partial charge in [-0.15, -0.1) is 0 Å². The first-order valence-corrected chi connectivity index (χ1v) is 9.58.